The van der Waals surface area contributed by atoms with Crippen LogP contribution in [-0.2, 0) is 11.2 Å². The Morgan fingerprint density at radius 1 is 1.00 bits per heavy atom. The lowest BCUT2D eigenvalue weighted by Crippen LogP contribution is -2.07. The number of aromatic nitrogens is 2. The smallest absolute Gasteiger partial charge is 0.341 e. The van der Waals surface area contributed by atoms with Crippen molar-refractivity contribution in [3.8, 4) is 5.69 Å². The van der Waals surface area contributed by atoms with E-state index in [0.717, 1.165) is 11.3 Å². The van der Waals surface area contributed by atoms with Crippen LogP contribution in [0.3, 0.4) is 0 Å². The molecule has 0 aliphatic rings. The molecule has 4 nitrogen and oxygen atoms in total. The average Bonchev–Trinajstić information content (AvgIpc) is 3.07. The highest BCUT2D eigenvalue weighted by atomic mass is 16.5. The molecule has 3 rings (SSSR count). The molecule has 0 spiro atoms. The summed E-state index contributed by atoms with van der Waals surface area (Å²) in [5, 5.41) is 4.19. The first-order valence-corrected chi connectivity index (χ1v) is 7.14. The van der Waals surface area contributed by atoms with Gasteiger partial charge in [-0.05, 0) is 17.7 Å². The maximum absolute atomic E-state index is 12.0. The number of benzene rings is 2. The molecular formula is C18H16N2O2. The minimum atomic E-state index is -0.349. The highest BCUT2D eigenvalue weighted by Crippen LogP contribution is 2.09. The van der Waals surface area contributed by atoms with Gasteiger partial charge in [-0.15, -0.1) is 0 Å². The monoisotopic (exact) mass is 292 g/mol. The van der Waals surface area contributed by atoms with Gasteiger partial charge in [-0.3, -0.25) is 0 Å². The Balaban J connectivity index is 1.58. The Hall–Kier alpha value is -2.88. The van der Waals surface area contributed by atoms with Gasteiger partial charge in [0.2, 0.25) is 0 Å². The van der Waals surface area contributed by atoms with Crippen molar-refractivity contribution in [1.29, 1.82) is 0 Å². The number of rotatable bonds is 5. The van der Waals surface area contributed by atoms with Gasteiger partial charge < -0.3 is 4.74 Å². The van der Waals surface area contributed by atoms with Crippen LogP contribution in [0, 0.1) is 0 Å². The van der Waals surface area contributed by atoms with Gasteiger partial charge in [-0.2, -0.15) is 5.10 Å². The fraction of sp³-hybridized carbons (Fsp3) is 0.111. The molecule has 0 saturated heterocycles. The van der Waals surface area contributed by atoms with Crippen molar-refractivity contribution in [1.82, 2.24) is 9.78 Å². The topological polar surface area (TPSA) is 44.1 Å². The minimum absolute atomic E-state index is 0.349. The predicted molar refractivity (Wildman–Crippen MR) is 84.0 cm³/mol. The van der Waals surface area contributed by atoms with Crippen LogP contribution in [0.5, 0.6) is 0 Å². The van der Waals surface area contributed by atoms with Gasteiger partial charge in [0.05, 0.1) is 24.1 Å². The standard InChI is InChI=1S/C18H16N2O2/c21-18(22-12-11-15-7-3-1-4-8-15)16-13-19-20(14-16)17-9-5-2-6-10-17/h1-10,13-14H,11-12H2. The Bertz CT molecular complexity index is 736. The summed E-state index contributed by atoms with van der Waals surface area (Å²) in [6.07, 6.45) is 3.91. The quantitative estimate of drug-likeness (QED) is 0.678. The molecule has 0 saturated carbocycles. The maximum atomic E-state index is 12.0. The summed E-state index contributed by atoms with van der Waals surface area (Å²) >= 11 is 0. The molecule has 0 fully saturated rings. The molecule has 0 atom stereocenters. The second-order valence-electron chi connectivity index (χ2n) is 4.88. The number of nitrogens with zero attached hydrogens (tertiary/aromatic N) is 2. The van der Waals surface area contributed by atoms with Crippen molar-refractivity contribution < 1.29 is 9.53 Å². The van der Waals surface area contributed by atoms with Crippen LogP contribution in [0.25, 0.3) is 5.69 Å². The summed E-state index contributed by atoms with van der Waals surface area (Å²) in [5.74, 6) is -0.349. The van der Waals surface area contributed by atoms with E-state index >= 15 is 0 Å². The average molecular weight is 292 g/mol. The van der Waals surface area contributed by atoms with Gasteiger partial charge in [-0.1, -0.05) is 48.5 Å². The van der Waals surface area contributed by atoms with Gasteiger partial charge in [-0.25, -0.2) is 9.48 Å². The van der Waals surface area contributed by atoms with Crippen molar-refractivity contribution in [3.63, 3.8) is 0 Å². The summed E-state index contributed by atoms with van der Waals surface area (Å²) in [5.41, 5.74) is 2.51. The summed E-state index contributed by atoms with van der Waals surface area (Å²) < 4.78 is 6.95. The lowest BCUT2D eigenvalue weighted by atomic mass is 10.2. The zero-order chi connectivity index (χ0) is 15.2. The molecule has 4 heteroatoms. The van der Waals surface area contributed by atoms with Crippen LogP contribution in [-0.4, -0.2) is 22.4 Å². The van der Waals surface area contributed by atoms with E-state index in [1.165, 1.54) is 6.20 Å². The summed E-state index contributed by atoms with van der Waals surface area (Å²) in [6, 6.07) is 19.6. The van der Waals surface area contributed by atoms with Gasteiger partial charge in [0.15, 0.2) is 0 Å². The summed E-state index contributed by atoms with van der Waals surface area (Å²) in [6.45, 7) is 0.360. The highest BCUT2D eigenvalue weighted by Gasteiger charge is 2.10. The van der Waals surface area contributed by atoms with Gasteiger partial charge >= 0.3 is 5.97 Å². The third-order valence-electron chi connectivity index (χ3n) is 3.31. The Kier molecular flexibility index (Phi) is 4.30. The SMILES string of the molecule is O=C(OCCc1ccccc1)c1cnn(-c2ccccc2)c1. The van der Waals surface area contributed by atoms with Crippen LogP contribution in [0.1, 0.15) is 15.9 Å². The van der Waals surface area contributed by atoms with Crippen LogP contribution >= 0.6 is 0 Å². The van der Waals surface area contributed by atoms with E-state index in [1.54, 1.807) is 10.9 Å². The maximum Gasteiger partial charge on any atom is 0.341 e. The first kappa shape index (κ1) is 14.1. The molecule has 110 valence electrons. The van der Waals surface area contributed by atoms with E-state index in [-0.39, 0.29) is 5.97 Å². The molecule has 2 aromatic carbocycles. The molecule has 0 unspecified atom stereocenters. The lowest BCUT2D eigenvalue weighted by molar-refractivity contribution is 0.0509. The third kappa shape index (κ3) is 3.41. The van der Waals surface area contributed by atoms with E-state index in [2.05, 4.69) is 5.10 Å². The molecule has 1 aromatic heterocycles. The molecule has 0 aliphatic carbocycles. The number of carbonyl (C=O) groups is 1. The van der Waals surface area contributed by atoms with Gasteiger partial charge in [0.1, 0.15) is 0 Å². The highest BCUT2D eigenvalue weighted by molar-refractivity contribution is 5.88. The summed E-state index contributed by atoms with van der Waals surface area (Å²) in [7, 11) is 0. The number of hydrogen-bond acceptors (Lipinski definition) is 3. The molecule has 0 bridgehead atoms. The molecule has 3 aromatic rings. The van der Waals surface area contributed by atoms with E-state index in [4.69, 9.17) is 4.74 Å². The van der Waals surface area contributed by atoms with Crippen molar-refractivity contribution in [3.05, 3.63) is 84.2 Å². The number of carbonyl (C=O) groups excluding carboxylic acids is 1. The molecule has 0 N–H and O–H groups in total. The van der Waals surface area contributed by atoms with Crippen molar-refractivity contribution in [2.75, 3.05) is 6.61 Å². The van der Waals surface area contributed by atoms with E-state index in [9.17, 15) is 4.79 Å². The Labute approximate surface area is 129 Å². The van der Waals surface area contributed by atoms with Gasteiger partial charge in [0, 0.05) is 12.6 Å². The van der Waals surface area contributed by atoms with Crippen molar-refractivity contribution in [2.45, 2.75) is 6.42 Å². The fourth-order valence-electron chi connectivity index (χ4n) is 2.14. The van der Waals surface area contributed by atoms with Crippen LogP contribution < -0.4 is 0 Å². The largest absolute Gasteiger partial charge is 0.462 e. The van der Waals surface area contributed by atoms with Crippen molar-refractivity contribution in [2.24, 2.45) is 0 Å². The second kappa shape index (κ2) is 6.72. The number of ether oxygens (including phenoxy) is 1. The van der Waals surface area contributed by atoms with Gasteiger partial charge in [0.25, 0.3) is 0 Å². The van der Waals surface area contributed by atoms with E-state index in [1.807, 2.05) is 60.7 Å². The molecule has 0 aliphatic heterocycles. The number of hydrogen-bond donors (Lipinski definition) is 0. The first-order chi connectivity index (χ1) is 10.8. The number of esters is 1. The summed E-state index contributed by atoms with van der Waals surface area (Å²) in [4.78, 5) is 12.0. The molecular weight excluding hydrogens is 276 g/mol. The minimum Gasteiger partial charge on any atom is -0.462 e. The normalized spacial score (nSPS) is 10.4. The lowest BCUT2D eigenvalue weighted by Gasteiger charge is -2.03. The van der Waals surface area contributed by atoms with Crippen molar-refractivity contribution >= 4 is 5.97 Å². The Morgan fingerprint density at radius 3 is 2.41 bits per heavy atom. The zero-order valence-corrected chi connectivity index (χ0v) is 12.1. The van der Waals surface area contributed by atoms with E-state index < -0.39 is 0 Å². The molecule has 0 radical (unpaired) electrons. The predicted octanol–water partition coefficient (Wildman–Crippen LogP) is 3.27. The van der Waals surface area contributed by atoms with Crippen LogP contribution in [0.2, 0.25) is 0 Å². The zero-order valence-electron chi connectivity index (χ0n) is 12.1. The Morgan fingerprint density at radius 2 is 1.68 bits per heavy atom. The fourth-order valence-corrected chi connectivity index (χ4v) is 2.14. The molecule has 1 heterocycles. The second-order valence-corrected chi connectivity index (χ2v) is 4.88. The first-order valence-electron chi connectivity index (χ1n) is 7.14. The molecule has 22 heavy (non-hydrogen) atoms. The molecule has 0 amide bonds. The van der Waals surface area contributed by atoms with Crippen LogP contribution in [0.4, 0.5) is 0 Å². The van der Waals surface area contributed by atoms with Crippen LogP contribution in [0.15, 0.2) is 73.1 Å². The number of para-hydroxylation sites is 1. The third-order valence-corrected chi connectivity index (χ3v) is 3.31. The van der Waals surface area contributed by atoms with E-state index in [0.29, 0.717) is 18.6 Å².